The molecule has 98 valence electrons. The molecule has 2 nitrogen and oxygen atoms in total. The van der Waals surface area contributed by atoms with E-state index in [4.69, 9.17) is 0 Å². The van der Waals surface area contributed by atoms with Crippen molar-refractivity contribution in [2.24, 2.45) is 11.3 Å². The molecular weight excluding hydrogens is 198 g/mol. The van der Waals surface area contributed by atoms with Crippen LogP contribution in [0, 0.1) is 11.3 Å². The lowest BCUT2D eigenvalue weighted by atomic mass is 9.83. The summed E-state index contributed by atoms with van der Waals surface area (Å²) in [6.45, 7) is 10.1. The van der Waals surface area contributed by atoms with Gasteiger partial charge >= 0.3 is 0 Å². The summed E-state index contributed by atoms with van der Waals surface area (Å²) < 4.78 is 0. The molecule has 0 saturated heterocycles. The number of aliphatic hydroxyl groups excluding tert-OH is 1. The lowest BCUT2D eigenvalue weighted by molar-refractivity contribution is 0.120. The molecule has 1 N–H and O–H groups in total. The quantitative estimate of drug-likeness (QED) is 0.725. The number of hydrogen-bond acceptors (Lipinski definition) is 2. The van der Waals surface area contributed by atoms with Crippen molar-refractivity contribution in [1.29, 1.82) is 0 Å². The average molecular weight is 229 g/mol. The third-order valence-electron chi connectivity index (χ3n) is 2.78. The lowest BCUT2D eigenvalue weighted by Crippen LogP contribution is -2.19. The van der Waals surface area contributed by atoms with E-state index < -0.39 is 0 Å². The maximum Gasteiger partial charge on any atom is 0.0543 e. The Bertz CT molecular complexity index is 172. The molecule has 0 saturated carbocycles. The van der Waals surface area contributed by atoms with Crippen LogP contribution in [-0.2, 0) is 0 Å². The Labute approximate surface area is 102 Å². The van der Waals surface area contributed by atoms with Gasteiger partial charge in [0.25, 0.3) is 0 Å². The minimum atomic E-state index is -0.114. The Morgan fingerprint density at radius 1 is 1.19 bits per heavy atom. The summed E-state index contributed by atoms with van der Waals surface area (Å²) in [5.74, 6) is 0.620. The second-order valence-electron chi connectivity index (χ2n) is 6.70. The second-order valence-corrected chi connectivity index (χ2v) is 6.70. The normalized spacial score (nSPS) is 16.5. The van der Waals surface area contributed by atoms with E-state index in [1.165, 1.54) is 6.42 Å². The van der Waals surface area contributed by atoms with Crippen LogP contribution in [-0.4, -0.2) is 36.8 Å². The van der Waals surface area contributed by atoms with Crippen molar-refractivity contribution in [1.82, 2.24) is 4.90 Å². The first-order valence-electron chi connectivity index (χ1n) is 6.53. The molecule has 0 amide bonds. The van der Waals surface area contributed by atoms with E-state index in [0.717, 1.165) is 25.8 Å². The maximum absolute atomic E-state index is 9.91. The molecular formula is C14H31NO. The van der Waals surface area contributed by atoms with Crippen molar-refractivity contribution in [3.63, 3.8) is 0 Å². The predicted octanol–water partition coefficient (Wildman–Crippen LogP) is 3.15. The zero-order chi connectivity index (χ0) is 12.8. The van der Waals surface area contributed by atoms with Gasteiger partial charge in [-0.3, -0.25) is 0 Å². The number of nitrogens with zero attached hydrogens (tertiary/aromatic N) is 1. The van der Waals surface area contributed by atoms with E-state index in [2.05, 4.69) is 46.7 Å². The van der Waals surface area contributed by atoms with Crippen LogP contribution in [0.4, 0.5) is 0 Å². The molecule has 16 heavy (non-hydrogen) atoms. The zero-order valence-corrected chi connectivity index (χ0v) is 12.1. The van der Waals surface area contributed by atoms with Crippen LogP contribution in [0.15, 0.2) is 0 Å². The maximum atomic E-state index is 9.91. The average Bonchev–Trinajstić information content (AvgIpc) is 1.98. The van der Waals surface area contributed by atoms with E-state index in [1.807, 2.05) is 0 Å². The fourth-order valence-corrected chi connectivity index (χ4v) is 2.35. The van der Waals surface area contributed by atoms with Crippen LogP contribution in [0.5, 0.6) is 0 Å². The number of rotatable bonds is 7. The molecule has 0 radical (unpaired) electrons. The molecule has 0 heterocycles. The van der Waals surface area contributed by atoms with Crippen molar-refractivity contribution >= 4 is 0 Å². The molecule has 0 spiro atoms. The summed E-state index contributed by atoms with van der Waals surface area (Å²) in [5, 5.41) is 9.91. The van der Waals surface area contributed by atoms with Crippen molar-refractivity contribution in [2.75, 3.05) is 20.6 Å². The van der Waals surface area contributed by atoms with Crippen LogP contribution < -0.4 is 0 Å². The van der Waals surface area contributed by atoms with Gasteiger partial charge in [0.1, 0.15) is 0 Å². The molecule has 0 aliphatic heterocycles. The molecule has 0 aliphatic rings. The lowest BCUT2D eigenvalue weighted by Gasteiger charge is -2.25. The van der Waals surface area contributed by atoms with Gasteiger partial charge < -0.3 is 10.0 Å². The molecule has 2 unspecified atom stereocenters. The Morgan fingerprint density at radius 3 is 2.19 bits per heavy atom. The zero-order valence-electron chi connectivity index (χ0n) is 12.1. The van der Waals surface area contributed by atoms with Gasteiger partial charge in [-0.15, -0.1) is 0 Å². The molecule has 2 atom stereocenters. The Kier molecular flexibility index (Phi) is 7.25. The van der Waals surface area contributed by atoms with Crippen molar-refractivity contribution < 1.29 is 5.11 Å². The van der Waals surface area contributed by atoms with Crippen LogP contribution in [0.25, 0.3) is 0 Å². The van der Waals surface area contributed by atoms with Gasteiger partial charge in [-0.1, -0.05) is 27.7 Å². The van der Waals surface area contributed by atoms with Gasteiger partial charge in [-0.25, -0.2) is 0 Å². The summed E-state index contributed by atoms with van der Waals surface area (Å²) in [6, 6.07) is 0. The summed E-state index contributed by atoms with van der Waals surface area (Å²) in [5.41, 5.74) is 0.378. The van der Waals surface area contributed by atoms with Crippen LogP contribution in [0.3, 0.4) is 0 Å². The van der Waals surface area contributed by atoms with Crippen molar-refractivity contribution in [3.05, 3.63) is 0 Å². The highest BCUT2D eigenvalue weighted by atomic mass is 16.3. The first kappa shape index (κ1) is 15.9. The molecule has 0 bridgehead atoms. The largest absolute Gasteiger partial charge is 0.393 e. The third-order valence-corrected chi connectivity index (χ3v) is 2.78. The topological polar surface area (TPSA) is 23.5 Å². The van der Waals surface area contributed by atoms with E-state index in [1.54, 1.807) is 0 Å². The summed E-state index contributed by atoms with van der Waals surface area (Å²) in [7, 11) is 4.16. The van der Waals surface area contributed by atoms with Crippen molar-refractivity contribution in [2.45, 2.75) is 59.5 Å². The van der Waals surface area contributed by atoms with Crippen LogP contribution in [0.2, 0.25) is 0 Å². The fourth-order valence-electron chi connectivity index (χ4n) is 2.35. The van der Waals surface area contributed by atoms with Gasteiger partial charge in [-0.2, -0.15) is 0 Å². The van der Waals surface area contributed by atoms with E-state index in [9.17, 15) is 5.11 Å². The van der Waals surface area contributed by atoms with E-state index >= 15 is 0 Å². The minimum absolute atomic E-state index is 0.114. The summed E-state index contributed by atoms with van der Waals surface area (Å²) in [6.07, 6.45) is 4.06. The Balaban J connectivity index is 3.66. The van der Waals surface area contributed by atoms with Crippen LogP contribution in [0.1, 0.15) is 53.4 Å². The summed E-state index contributed by atoms with van der Waals surface area (Å²) in [4.78, 5) is 2.17. The standard InChI is InChI=1S/C14H31NO/c1-12(11-14(2,3)4)10-13(16)8-7-9-15(5)6/h12-13,16H,7-11H2,1-6H3. The smallest absolute Gasteiger partial charge is 0.0543 e. The molecule has 0 rings (SSSR count). The Hall–Kier alpha value is -0.0800. The molecule has 0 aliphatic carbocycles. The SMILES string of the molecule is CC(CC(O)CCCN(C)C)CC(C)(C)C. The third kappa shape index (κ3) is 10.4. The molecule has 0 fully saturated rings. The predicted molar refractivity (Wildman–Crippen MR) is 71.6 cm³/mol. The number of hydrogen-bond donors (Lipinski definition) is 1. The van der Waals surface area contributed by atoms with Crippen molar-refractivity contribution in [3.8, 4) is 0 Å². The van der Waals surface area contributed by atoms with E-state index in [0.29, 0.717) is 11.3 Å². The first-order chi connectivity index (χ1) is 7.20. The number of aliphatic hydroxyl groups is 1. The van der Waals surface area contributed by atoms with Gasteiger partial charge in [-0.05, 0) is 57.7 Å². The highest BCUT2D eigenvalue weighted by Gasteiger charge is 2.17. The minimum Gasteiger partial charge on any atom is -0.393 e. The Morgan fingerprint density at radius 2 is 1.75 bits per heavy atom. The highest BCUT2D eigenvalue weighted by molar-refractivity contribution is 4.69. The summed E-state index contributed by atoms with van der Waals surface area (Å²) >= 11 is 0. The fraction of sp³-hybridized carbons (Fsp3) is 1.00. The molecule has 0 aromatic carbocycles. The van der Waals surface area contributed by atoms with E-state index in [-0.39, 0.29) is 6.10 Å². The monoisotopic (exact) mass is 229 g/mol. The highest BCUT2D eigenvalue weighted by Crippen LogP contribution is 2.27. The first-order valence-corrected chi connectivity index (χ1v) is 6.53. The molecule has 0 aromatic rings. The van der Waals surface area contributed by atoms with Gasteiger partial charge in [0.15, 0.2) is 0 Å². The van der Waals surface area contributed by atoms with Gasteiger partial charge in [0.2, 0.25) is 0 Å². The van der Waals surface area contributed by atoms with Crippen LogP contribution >= 0.6 is 0 Å². The van der Waals surface area contributed by atoms with Gasteiger partial charge in [0.05, 0.1) is 6.10 Å². The molecule has 0 aromatic heterocycles. The van der Waals surface area contributed by atoms with Gasteiger partial charge in [0, 0.05) is 0 Å². The second kappa shape index (κ2) is 7.29. The molecule has 2 heteroatoms.